The number of hydrogen-bond acceptors (Lipinski definition) is 31. The maximum atomic E-state index is 12.7. The van der Waals surface area contributed by atoms with Crippen molar-refractivity contribution in [1.29, 1.82) is 0 Å². The first kappa shape index (κ1) is 62.5. The molecule has 34 nitrogen and oxygen atoms in total. The lowest BCUT2D eigenvalue weighted by atomic mass is 9.93. The van der Waals surface area contributed by atoms with E-state index < -0.39 is 241 Å². The molecular formula is C42H71N3O31. The molecule has 0 aliphatic carbocycles. The van der Waals surface area contributed by atoms with Crippen molar-refractivity contribution in [2.75, 3.05) is 39.6 Å². The number of carbonyl (C=O) groups excluding carboxylic acids is 3. The van der Waals surface area contributed by atoms with E-state index in [4.69, 9.17) is 52.1 Å². The molecule has 6 fully saturated rings. The normalized spacial score (nSPS) is 48.2. The molecule has 0 aromatic rings. The van der Waals surface area contributed by atoms with Crippen molar-refractivity contribution in [3.8, 4) is 0 Å². The molecule has 30 atom stereocenters. The second-order valence-corrected chi connectivity index (χ2v) is 19.0. The molecule has 34 heteroatoms. The van der Waals surface area contributed by atoms with Crippen molar-refractivity contribution in [2.45, 2.75) is 205 Å². The van der Waals surface area contributed by atoms with Crippen molar-refractivity contribution in [1.82, 2.24) is 16.0 Å². The fraction of sp³-hybridized carbons (Fsp3) is 0.929. The summed E-state index contributed by atoms with van der Waals surface area (Å²) in [5.41, 5.74) is 0. The Morgan fingerprint density at radius 1 is 0.342 bits per heavy atom. The van der Waals surface area contributed by atoms with Gasteiger partial charge in [-0.1, -0.05) is 0 Å². The average Bonchev–Trinajstić information content (AvgIpc) is 3.37. The van der Waals surface area contributed by atoms with Gasteiger partial charge in [-0.05, 0) is 0 Å². The summed E-state index contributed by atoms with van der Waals surface area (Å²) in [7, 11) is 0. The highest BCUT2D eigenvalue weighted by Gasteiger charge is 2.58. The number of aliphatic hydroxyl groups excluding tert-OH is 17. The molecule has 0 bridgehead atoms. The van der Waals surface area contributed by atoms with Gasteiger partial charge in [-0.25, -0.2) is 0 Å². The number of nitrogens with one attached hydrogen (secondary N) is 3. The molecule has 6 saturated heterocycles. The van der Waals surface area contributed by atoms with Crippen molar-refractivity contribution in [3.63, 3.8) is 0 Å². The average molecular weight is 1110 g/mol. The number of hydrogen-bond donors (Lipinski definition) is 20. The van der Waals surface area contributed by atoms with Gasteiger partial charge in [-0.3, -0.25) is 14.4 Å². The molecule has 0 spiro atoms. The van der Waals surface area contributed by atoms with Gasteiger partial charge in [-0.2, -0.15) is 0 Å². The molecule has 0 saturated carbocycles. The van der Waals surface area contributed by atoms with E-state index in [-0.39, 0.29) is 0 Å². The van der Waals surface area contributed by atoms with E-state index in [0.717, 1.165) is 20.8 Å². The summed E-state index contributed by atoms with van der Waals surface area (Å²) in [6, 6.07) is -5.13. The molecule has 6 aliphatic rings. The number of amides is 3. The molecule has 20 N–H and O–H groups in total. The summed E-state index contributed by atoms with van der Waals surface area (Å²) in [5, 5.41) is 190. The van der Waals surface area contributed by atoms with E-state index in [0.29, 0.717) is 0 Å². The third kappa shape index (κ3) is 13.7. The lowest BCUT2D eigenvalue weighted by molar-refractivity contribution is -0.384. The van der Waals surface area contributed by atoms with Gasteiger partial charge in [0.1, 0.15) is 146 Å². The van der Waals surface area contributed by atoms with Crippen LogP contribution in [0.3, 0.4) is 0 Å². The minimum Gasteiger partial charge on any atom is -0.394 e. The predicted octanol–water partition coefficient (Wildman–Crippen LogP) is -13.7. The van der Waals surface area contributed by atoms with E-state index in [2.05, 4.69) is 16.0 Å². The zero-order chi connectivity index (χ0) is 56.2. The molecule has 0 aromatic heterocycles. The van der Waals surface area contributed by atoms with Crippen LogP contribution in [0, 0.1) is 0 Å². The smallest absolute Gasteiger partial charge is 0.217 e. The molecule has 6 aliphatic heterocycles. The zero-order valence-electron chi connectivity index (χ0n) is 40.9. The van der Waals surface area contributed by atoms with Crippen LogP contribution in [0.15, 0.2) is 0 Å². The minimum absolute atomic E-state index is 0.746. The SMILES string of the molecule is CC(=O)N[C@H]1[C@H](O[C@H]2[C@@H](O)[C@@H](CO[C@@H]3O[C@H](CO)[C@@H](O)[C@H](O)[C@H]3NC(C)=O)O[C@@H](O[C@H]3[C@H](O)[C@@H](NC(C)=O)[C@H](O[C@H]4[C@@H](O)[C@@H](CO)OC(O)[C@@H]4O)O[C@@H]3CO)[C@@H]2O)O[C@H](CO)[C@@H](O[C@@H]2O[C@H](CO)[C@H](O)[C@H](O)[C@H]2O)[C@@H]1O. The van der Waals surface area contributed by atoms with Gasteiger partial charge in [0, 0.05) is 20.8 Å². The third-order valence-corrected chi connectivity index (χ3v) is 13.6. The maximum absolute atomic E-state index is 12.7. The van der Waals surface area contributed by atoms with Crippen LogP contribution >= 0.6 is 0 Å². The Bertz CT molecular complexity index is 1870. The summed E-state index contributed by atoms with van der Waals surface area (Å²) in [6.07, 6.45) is -51.3. The predicted molar refractivity (Wildman–Crippen MR) is 234 cm³/mol. The summed E-state index contributed by atoms with van der Waals surface area (Å²) in [5.74, 6) is -2.46. The van der Waals surface area contributed by atoms with Crippen LogP contribution in [-0.4, -0.2) is 328 Å². The molecule has 0 radical (unpaired) electrons. The van der Waals surface area contributed by atoms with Gasteiger partial charge in [0.05, 0.1) is 39.6 Å². The highest BCUT2D eigenvalue weighted by molar-refractivity contribution is 5.74. The number of ether oxygens (including phenoxy) is 11. The number of carbonyl (C=O) groups is 3. The molecule has 3 amide bonds. The quantitative estimate of drug-likeness (QED) is 0.0571. The second-order valence-electron chi connectivity index (χ2n) is 19.0. The van der Waals surface area contributed by atoms with Gasteiger partial charge in [0.25, 0.3) is 0 Å². The minimum atomic E-state index is -2.31. The molecule has 0 aromatic carbocycles. The first-order chi connectivity index (χ1) is 35.9. The lowest BCUT2D eigenvalue weighted by Crippen LogP contribution is -2.70. The van der Waals surface area contributed by atoms with Gasteiger partial charge in [-0.15, -0.1) is 0 Å². The van der Waals surface area contributed by atoms with Crippen LogP contribution in [0.5, 0.6) is 0 Å². The Balaban J connectivity index is 1.32. The van der Waals surface area contributed by atoms with E-state index in [1.165, 1.54) is 0 Å². The lowest BCUT2D eigenvalue weighted by Gasteiger charge is -2.51. The Hall–Kier alpha value is -2.71. The van der Waals surface area contributed by atoms with Crippen LogP contribution in [0.2, 0.25) is 0 Å². The molecule has 1 unspecified atom stereocenters. The number of rotatable bonds is 19. The molecule has 76 heavy (non-hydrogen) atoms. The summed E-state index contributed by atoms with van der Waals surface area (Å²) in [6.45, 7) is -2.60. The summed E-state index contributed by atoms with van der Waals surface area (Å²) in [4.78, 5) is 37.4. The standard InChI is InChI=1S/C42H71N3O31/c1-10(51)43-19-26(58)22(54)13(4-46)68-38(19)66-9-18-25(57)36(76-40-21(45-12(3)53)27(59)33(16(7-49)71-40)73-41-30(62)29(61)23(55)14(5-47)69-41)32(64)42(72-18)74-34-17(8-50)70-39(20(28(34)60)44-11(2)52)75-35-24(56)15(6-48)67-37(65)31(35)63/h13-42,46-50,54-65H,4-9H2,1-3H3,(H,43,51)(H,44,52)(H,45,53)/t13-,14-,15-,16-,17-,18-,19-,20-,21-,22-,23+,24+,25+,26-,27-,28-,29+,30-,31-,32-,33-,34-,35+,36+,37?,38-,39+,40+,41+,42+/m1/s1. The number of aliphatic hydroxyl groups is 17. The van der Waals surface area contributed by atoms with Crippen LogP contribution in [0.1, 0.15) is 20.8 Å². The largest absolute Gasteiger partial charge is 0.394 e. The third-order valence-electron chi connectivity index (χ3n) is 13.6. The topological polar surface area (TPSA) is 533 Å². The summed E-state index contributed by atoms with van der Waals surface area (Å²) >= 11 is 0. The Morgan fingerprint density at radius 3 is 1.13 bits per heavy atom. The molecule has 6 rings (SSSR count). The van der Waals surface area contributed by atoms with Crippen molar-refractivity contribution in [3.05, 3.63) is 0 Å². The Labute approximate surface area is 431 Å². The highest BCUT2D eigenvalue weighted by Crippen LogP contribution is 2.36. The first-order valence-corrected chi connectivity index (χ1v) is 24.1. The monoisotopic (exact) mass is 1110 g/mol. The Kier molecular flexibility index (Phi) is 22.3. The Morgan fingerprint density at radius 2 is 0.684 bits per heavy atom. The molecule has 440 valence electrons. The zero-order valence-corrected chi connectivity index (χ0v) is 40.9. The van der Waals surface area contributed by atoms with Crippen LogP contribution in [-0.2, 0) is 66.5 Å². The summed E-state index contributed by atoms with van der Waals surface area (Å²) < 4.78 is 63.3. The fourth-order valence-electron chi connectivity index (χ4n) is 9.62. The van der Waals surface area contributed by atoms with Crippen molar-refractivity contribution in [2.24, 2.45) is 0 Å². The van der Waals surface area contributed by atoms with Gasteiger partial charge in [0.15, 0.2) is 37.7 Å². The van der Waals surface area contributed by atoms with Crippen LogP contribution in [0.4, 0.5) is 0 Å². The van der Waals surface area contributed by atoms with E-state index >= 15 is 0 Å². The first-order valence-electron chi connectivity index (χ1n) is 24.1. The highest BCUT2D eigenvalue weighted by atomic mass is 16.8. The van der Waals surface area contributed by atoms with E-state index in [1.807, 2.05) is 0 Å². The van der Waals surface area contributed by atoms with E-state index in [1.54, 1.807) is 0 Å². The maximum Gasteiger partial charge on any atom is 0.217 e. The van der Waals surface area contributed by atoms with Crippen molar-refractivity contribution < 1.29 is 153 Å². The van der Waals surface area contributed by atoms with Gasteiger partial charge in [0.2, 0.25) is 17.7 Å². The van der Waals surface area contributed by atoms with Crippen LogP contribution < -0.4 is 16.0 Å². The van der Waals surface area contributed by atoms with Gasteiger partial charge >= 0.3 is 0 Å². The molecular weight excluding hydrogens is 1040 g/mol. The van der Waals surface area contributed by atoms with Crippen LogP contribution in [0.25, 0.3) is 0 Å². The van der Waals surface area contributed by atoms with Crippen molar-refractivity contribution >= 4 is 17.7 Å². The molecule has 6 heterocycles. The fourth-order valence-corrected chi connectivity index (χ4v) is 9.62. The second kappa shape index (κ2) is 27.2. The van der Waals surface area contributed by atoms with Gasteiger partial charge < -0.3 is 155 Å². The van der Waals surface area contributed by atoms with E-state index in [9.17, 15) is 101 Å².